The molecule has 0 aromatic rings. The molecular weight excluding hydrogens is 160 g/mol. The minimum absolute atomic E-state index is 1.06. The summed E-state index contributed by atoms with van der Waals surface area (Å²) in [5, 5.41) is 0. The Labute approximate surface area is 81.5 Å². The fraction of sp³-hybridized carbons (Fsp3) is 0.636. The number of nitrogens with zero attached hydrogens (tertiary/aromatic N) is 2. The van der Waals surface area contributed by atoms with E-state index in [1.54, 1.807) is 0 Å². The van der Waals surface area contributed by atoms with Crippen molar-refractivity contribution in [3.05, 3.63) is 24.3 Å². The van der Waals surface area contributed by atoms with Crippen LogP contribution in [-0.2, 0) is 0 Å². The van der Waals surface area contributed by atoms with E-state index in [-0.39, 0.29) is 0 Å². The summed E-state index contributed by atoms with van der Waals surface area (Å²) in [6, 6.07) is 0. The minimum Gasteiger partial charge on any atom is -0.304 e. The Balaban J connectivity index is 2.33. The van der Waals surface area contributed by atoms with Crippen molar-refractivity contribution in [1.82, 2.24) is 9.80 Å². The van der Waals surface area contributed by atoms with Gasteiger partial charge in [-0.2, -0.15) is 0 Å². The maximum Gasteiger partial charge on any atom is 0.0231 e. The average molecular weight is 180 g/mol. The van der Waals surface area contributed by atoms with Crippen molar-refractivity contribution in [2.24, 2.45) is 0 Å². The van der Waals surface area contributed by atoms with Gasteiger partial charge in [0.1, 0.15) is 0 Å². The van der Waals surface area contributed by atoms with Gasteiger partial charge in [0.15, 0.2) is 0 Å². The molecule has 1 fully saturated rings. The lowest BCUT2D eigenvalue weighted by Gasteiger charge is -2.32. The van der Waals surface area contributed by atoms with Crippen LogP contribution in [0.15, 0.2) is 24.3 Å². The van der Waals surface area contributed by atoms with Crippen molar-refractivity contribution in [3.63, 3.8) is 0 Å². The maximum absolute atomic E-state index is 3.81. The van der Waals surface area contributed by atoms with Crippen LogP contribution in [0.3, 0.4) is 0 Å². The zero-order valence-electron chi connectivity index (χ0n) is 8.79. The van der Waals surface area contributed by atoms with E-state index >= 15 is 0 Å². The highest BCUT2D eigenvalue weighted by Crippen LogP contribution is 2.04. The van der Waals surface area contributed by atoms with E-state index in [0.29, 0.717) is 0 Å². The van der Waals surface area contributed by atoms with Gasteiger partial charge in [-0.3, -0.25) is 4.90 Å². The third-order valence-corrected chi connectivity index (χ3v) is 2.64. The van der Waals surface area contributed by atoms with Gasteiger partial charge in [0, 0.05) is 32.7 Å². The Morgan fingerprint density at radius 2 is 1.92 bits per heavy atom. The molecular formula is C11H20N2. The first-order valence-corrected chi connectivity index (χ1v) is 4.94. The molecule has 0 aromatic heterocycles. The van der Waals surface area contributed by atoms with Gasteiger partial charge >= 0.3 is 0 Å². The highest BCUT2D eigenvalue weighted by molar-refractivity contribution is 5.16. The van der Waals surface area contributed by atoms with E-state index in [1.807, 2.05) is 6.08 Å². The van der Waals surface area contributed by atoms with Gasteiger partial charge in [-0.25, -0.2) is 0 Å². The van der Waals surface area contributed by atoms with Crippen LogP contribution >= 0.6 is 0 Å². The fourth-order valence-corrected chi connectivity index (χ4v) is 1.54. The van der Waals surface area contributed by atoms with Gasteiger partial charge in [-0.1, -0.05) is 18.7 Å². The number of piperazine rings is 1. The smallest absolute Gasteiger partial charge is 0.0231 e. The van der Waals surface area contributed by atoms with Gasteiger partial charge in [0.05, 0.1) is 0 Å². The standard InChI is InChI=1S/C11H20N2/c1-4-11(5-2)10-13-8-6-12(3)7-9-13/h4-5H,1,6-10H2,2-3H3. The number of allylic oxidation sites excluding steroid dienone is 1. The van der Waals surface area contributed by atoms with Crippen molar-refractivity contribution in [3.8, 4) is 0 Å². The molecule has 1 aliphatic heterocycles. The topological polar surface area (TPSA) is 6.48 Å². The second-order valence-electron chi connectivity index (χ2n) is 3.65. The Bertz CT molecular complexity index is 188. The molecule has 0 amide bonds. The second kappa shape index (κ2) is 5.20. The molecule has 1 saturated heterocycles. The van der Waals surface area contributed by atoms with Crippen molar-refractivity contribution in [1.29, 1.82) is 0 Å². The van der Waals surface area contributed by atoms with Crippen LogP contribution in [-0.4, -0.2) is 49.6 Å². The van der Waals surface area contributed by atoms with Crippen LogP contribution in [0, 0.1) is 0 Å². The van der Waals surface area contributed by atoms with Crippen LogP contribution in [0.5, 0.6) is 0 Å². The molecule has 2 nitrogen and oxygen atoms in total. The van der Waals surface area contributed by atoms with Crippen molar-refractivity contribution in [2.45, 2.75) is 6.92 Å². The third-order valence-electron chi connectivity index (χ3n) is 2.64. The van der Waals surface area contributed by atoms with E-state index in [9.17, 15) is 0 Å². The van der Waals surface area contributed by atoms with Crippen molar-refractivity contribution < 1.29 is 0 Å². The third kappa shape index (κ3) is 3.33. The summed E-state index contributed by atoms with van der Waals surface area (Å²) >= 11 is 0. The van der Waals surface area contributed by atoms with Gasteiger partial charge in [-0.05, 0) is 19.5 Å². The van der Waals surface area contributed by atoms with E-state index < -0.39 is 0 Å². The number of rotatable bonds is 3. The first-order chi connectivity index (χ1) is 6.26. The monoisotopic (exact) mass is 180 g/mol. The Kier molecular flexibility index (Phi) is 4.19. The molecule has 0 aliphatic carbocycles. The molecule has 74 valence electrons. The summed E-state index contributed by atoms with van der Waals surface area (Å²) in [5.74, 6) is 0. The molecule has 0 atom stereocenters. The molecule has 0 radical (unpaired) electrons. The predicted molar refractivity (Wildman–Crippen MR) is 57.9 cm³/mol. The molecule has 0 aromatic carbocycles. The summed E-state index contributed by atoms with van der Waals surface area (Å²) in [5.41, 5.74) is 1.34. The molecule has 0 saturated carbocycles. The zero-order chi connectivity index (χ0) is 9.68. The molecule has 2 heteroatoms. The maximum atomic E-state index is 3.81. The molecule has 1 rings (SSSR count). The molecule has 1 heterocycles. The van der Waals surface area contributed by atoms with Gasteiger partial charge in [-0.15, -0.1) is 0 Å². The number of hydrogen-bond donors (Lipinski definition) is 0. The summed E-state index contributed by atoms with van der Waals surface area (Å²) in [7, 11) is 2.18. The van der Waals surface area contributed by atoms with Gasteiger partial charge < -0.3 is 4.90 Å². The molecule has 13 heavy (non-hydrogen) atoms. The second-order valence-corrected chi connectivity index (χ2v) is 3.65. The first kappa shape index (κ1) is 10.5. The zero-order valence-corrected chi connectivity index (χ0v) is 8.79. The van der Waals surface area contributed by atoms with Crippen molar-refractivity contribution in [2.75, 3.05) is 39.8 Å². The molecule has 1 aliphatic rings. The van der Waals surface area contributed by atoms with Crippen molar-refractivity contribution >= 4 is 0 Å². The fourth-order valence-electron chi connectivity index (χ4n) is 1.54. The van der Waals surface area contributed by atoms with E-state index in [2.05, 4.69) is 36.4 Å². The Morgan fingerprint density at radius 3 is 2.38 bits per heavy atom. The largest absolute Gasteiger partial charge is 0.304 e. The lowest BCUT2D eigenvalue weighted by Crippen LogP contribution is -2.44. The Hall–Kier alpha value is -0.600. The number of likely N-dealkylation sites (N-methyl/N-ethyl adjacent to an activating group) is 1. The van der Waals surface area contributed by atoms with E-state index in [0.717, 1.165) is 6.54 Å². The SMILES string of the molecule is C=CC(=CC)CN1CCN(C)CC1. The van der Waals surface area contributed by atoms with Crippen LogP contribution in [0.25, 0.3) is 0 Å². The summed E-state index contributed by atoms with van der Waals surface area (Å²) in [6.07, 6.45) is 4.10. The van der Waals surface area contributed by atoms with Gasteiger partial charge in [0.25, 0.3) is 0 Å². The van der Waals surface area contributed by atoms with Crippen LogP contribution < -0.4 is 0 Å². The molecule has 0 spiro atoms. The van der Waals surface area contributed by atoms with Gasteiger partial charge in [0.2, 0.25) is 0 Å². The average Bonchev–Trinajstić information content (AvgIpc) is 2.17. The quantitative estimate of drug-likeness (QED) is 0.605. The van der Waals surface area contributed by atoms with E-state index in [1.165, 1.54) is 31.8 Å². The highest BCUT2D eigenvalue weighted by atomic mass is 15.2. The minimum atomic E-state index is 1.06. The normalized spacial score (nSPS) is 21.8. The highest BCUT2D eigenvalue weighted by Gasteiger charge is 2.13. The summed E-state index contributed by atoms with van der Waals surface area (Å²) < 4.78 is 0. The Morgan fingerprint density at radius 1 is 1.31 bits per heavy atom. The van der Waals surface area contributed by atoms with Crippen LogP contribution in [0.2, 0.25) is 0 Å². The lowest BCUT2D eigenvalue weighted by atomic mass is 10.2. The molecule has 0 unspecified atom stereocenters. The molecule has 0 N–H and O–H groups in total. The first-order valence-electron chi connectivity index (χ1n) is 4.94. The summed E-state index contributed by atoms with van der Waals surface area (Å²) in [4.78, 5) is 4.86. The summed E-state index contributed by atoms with van der Waals surface area (Å²) in [6.45, 7) is 11.7. The van der Waals surface area contributed by atoms with Crippen LogP contribution in [0.4, 0.5) is 0 Å². The van der Waals surface area contributed by atoms with E-state index in [4.69, 9.17) is 0 Å². The predicted octanol–water partition coefficient (Wildman–Crippen LogP) is 1.37. The lowest BCUT2D eigenvalue weighted by molar-refractivity contribution is 0.164. The molecule has 0 bridgehead atoms. The number of hydrogen-bond acceptors (Lipinski definition) is 2. The van der Waals surface area contributed by atoms with Crippen LogP contribution in [0.1, 0.15) is 6.92 Å².